The standard InChI is InChI=1S/C18H21N5/c1-4-22(5-2)16-11-9-15(10-12-16)20-21-18-14(3)19-17-8-6-7-13-23(17)18/h6-13H,4-5H2,1-3H3. The summed E-state index contributed by atoms with van der Waals surface area (Å²) < 4.78 is 1.95. The molecule has 1 aromatic carbocycles. The van der Waals surface area contributed by atoms with Gasteiger partial charge in [-0.1, -0.05) is 6.07 Å². The van der Waals surface area contributed by atoms with E-state index in [1.165, 1.54) is 5.69 Å². The second-order valence-electron chi connectivity index (χ2n) is 5.34. The van der Waals surface area contributed by atoms with Gasteiger partial charge in [-0.2, -0.15) is 0 Å². The van der Waals surface area contributed by atoms with Crippen LogP contribution in [0, 0.1) is 6.92 Å². The SMILES string of the molecule is CCN(CC)c1ccc(N=Nc2c(C)nc3ccccn23)cc1. The Hall–Kier alpha value is -2.69. The first kappa shape index (κ1) is 15.2. The molecule has 0 bridgehead atoms. The summed E-state index contributed by atoms with van der Waals surface area (Å²) in [4.78, 5) is 6.79. The van der Waals surface area contributed by atoms with Gasteiger partial charge in [-0.05, 0) is 57.2 Å². The van der Waals surface area contributed by atoms with Crippen LogP contribution < -0.4 is 4.90 Å². The van der Waals surface area contributed by atoms with Crippen molar-refractivity contribution in [1.82, 2.24) is 9.38 Å². The van der Waals surface area contributed by atoms with E-state index in [0.717, 1.165) is 35.9 Å². The number of hydrogen-bond acceptors (Lipinski definition) is 4. The second kappa shape index (κ2) is 6.60. The van der Waals surface area contributed by atoms with E-state index in [2.05, 4.69) is 46.1 Å². The van der Waals surface area contributed by atoms with Gasteiger partial charge in [0.2, 0.25) is 0 Å². The number of anilines is 1. The van der Waals surface area contributed by atoms with Crippen LogP contribution in [0.4, 0.5) is 17.2 Å². The number of imidazole rings is 1. The minimum atomic E-state index is 0.772. The molecular weight excluding hydrogens is 286 g/mol. The molecule has 0 aliphatic carbocycles. The summed E-state index contributed by atoms with van der Waals surface area (Å²) >= 11 is 0. The predicted molar refractivity (Wildman–Crippen MR) is 94.1 cm³/mol. The minimum absolute atomic E-state index is 0.772. The van der Waals surface area contributed by atoms with Crippen LogP contribution in [0.15, 0.2) is 58.9 Å². The maximum atomic E-state index is 4.49. The normalized spacial score (nSPS) is 11.4. The fourth-order valence-corrected chi connectivity index (χ4v) is 2.64. The Bertz CT molecular complexity index is 813. The zero-order chi connectivity index (χ0) is 16.2. The Kier molecular flexibility index (Phi) is 4.37. The molecule has 3 aromatic rings. The zero-order valence-electron chi connectivity index (χ0n) is 13.8. The minimum Gasteiger partial charge on any atom is -0.372 e. The molecule has 0 spiro atoms. The van der Waals surface area contributed by atoms with Crippen molar-refractivity contribution in [2.75, 3.05) is 18.0 Å². The van der Waals surface area contributed by atoms with Crippen LogP contribution in [0.2, 0.25) is 0 Å². The largest absolute Gasteiger partial charge is 0.372 e. The first-order valence-electron chi connectivity index (χ1n) is 7.93. The first-order chi connectivity index (χ1) is 11.2. The number of fused-ring (bicyclic) bond motifs is 1. The fraction of sp³-hybridized carbons (Fsp3) is 0.278. The lowest BCUT2D eigenvalue weighted by atomic mass is 10.2. The van der Waals surface area contributed by atoms with Crippen molar-refractivity contribution in [2.24, 2.45) is 10.2 Å². The van der Waals surface area contributed by atoms with E-state index < -0.39 is 0 Å². The average molecular weight is 307 g/mol. The van der Waals surface area contributed by atoms with Gasteiger partial charge >= 0.3 is 0 Å². The van der Waals surface area contributed by atoms with Gasteiger partial charge in [-0.15, -0.1) is 10.2 Å². The van der Waals surface area contributed by atoms with Crippen LogP contribution in [-0.4, -0.2) is 22.5 Å². The number of pyridine rings is 1. The third-order valence-corrected chi connectivity index (χ3v) is 3.91. The number of aryl methyl sites for hydroxylation is 1. The van der Waals surface area contributed by atoms with E-state index in [4.69, 9.17) is 0 Å². The Morgan fingerprint density at radius 2 is 1.74 bits per heavy atom. The fourth-order valence-electron chi connectivity index (χ4n) is 2.64. The van der Waals surface area contributed by atoms with E-state index in [1.807, 2.05) is 47.9 Å². The third-order valence-electron chi connectivity index (χ3n) is 3.91. The van der Waals surface area contributed by atoms with E-state index in [9.17, 15) is 0 Å². The molecule has 0 N–H and O–H groups in total. The van der Waals surface area contributed by atoms with Crippen LogP contribution in [0.25, 0.3) is 5.65 Å². The van der Waals surface area contributed by atoms with E-state index in [0.29, 0.717) is 0 Å². The molecule has 23 heavy (non-hydrogen) atoms. The molecule has 0 fully saturated rings. The van der Waals surface area contributed by atoms with Crippen LogP contribution in [0.5, 0.6) is 0 Å². The Morgan fingerprint density at radius 3 is 2.43 bits per heavy atom. The van der Waals surface area contributed by atoms with Crippen molar-refractivity contribution in [2.45, 2.75) is 20.8 Å². The van der Waals surface area contributed by atoms with Crippen molar-refractivity contribution in [1.29, 1.82) is 0 Å². The summed E-state index contributed by atoms with van der Waals surface area (Å²) in [6.45, 7) is 8.26. The lowest BCUT2D eigenvalue weighted by Crippen LogP contribution is -2.21. The molecule has 0 aliphatic heterocycles. The van der Waals surface area contributed by atoms with Gasteiger partial charge in [0.15, 0.2) is 5.82 Å². The van der Waals surface area contributed by atoms with E-state index in [-0.39, 0.29) is 0 Å². The molecule has 0 unspecified atom stereocenters. The lowest BCUT2D eigenvalue weighted by Gasteiger charge is -2.20. The Morgan fingerprint density at radius 1 is 1.00 bits per heavy atom. The summed E-state index contributed by atoms with van der Waals surface area (Å²) in [7, 11) is 0. The van der Waals surface area contributed by atoms with Crippen LogP contribution in [0.1, 0.15) is 19.5 Å². The molecule has 2 heterocycles. The van der Waals surface area contributed by atoms with Gasteiger partial charge in [0.1, 0.15) is 5.65 Å². The number of hydrogen-bond donors (Lipinski definition) is 0. The van der Waals surface area contributed by atoms with Crippen LogP contribution in [0.3, 0.4) is 0 Å². The maximum absolute atomic E-state index is 4.49. The highest BCUT2D eigenvalue weighted by Gasteiger charge is 2.07. The molecule has 0 saturated carbocycles. The lowest BCUT2D eigenvalue weighted by molar-refractivity contribution is 0.866. The zero-order valence-corrected chi connectivity index (χ0v) is 13.8. The predicted octanol–water partition coefficient (Wildman–Crippen LogP) is 4.90. The number of azo groups is 1. The molecule has 0 aliphatic rings. The molecule has 5 heteroatoms. The molecule has 0 saturated heterocycles. The Labute approximate surface area is 136 Å². The molecule has 0 amide bonds. The van der Waals surface area contributed by atoms with Crippen LogP contribution in [-0.2, 0) is 0 Å². The highest BCUT2D eigenvalue weighted by molar-refractivity contribution is 5.54. The van der Waals surface area contributed by atoms with Gasteiger partial charge in [-0.25, -0.2) is 4.98 Å². The number of benzene rings is 1. The smallest absolute Gasteiger partial charge is 0.182 e. The highest BCUT2D eigenvalue weighted by atomic mass is 15.2. The van der Waals surface area contributed by atoms with Crippen molar-refractivity contribution >= 4 is 22.8 Å². The molecule has 0 radical (unpaired) electrons. The Balaban J connectivity index is 1.86. The van der Waals surface area contributed by atoms with E-state index >= 15 is 0 Å². The summed E-state index contributed by atoms with van der Waals surface area (Å²) in [6.07, 6.45) is 1.95. The quantitative estimate of drug-likeness (QED) is 0.629. The summed E-state index contributed by atoms with van der Waals surface area (Å²) in [5.74, 6) is 0.772. The average Bonchev–Trinajstić information content (AvgIpc) is 2.90. The van der Waals surface area contributed by atoms with Gasteiger partial charge < -0.3 is 4.90 Å². The van der Waals surface area contributed by atoms with E-state index in [1.54, 1.807) is 0 Å². The topological polar surface area (TPSA) is 45.3 Å². The molecule has 2 aromatic heterocycles. The summed E-state index contributed by atoms with van der Waals surface area (Å²) in [5.41, 5.74) is 3.81. The van der Waals surface area contributed by atoms with Gasteiger partial charge in [0, 0.05) is 25.0 Å². The molecule has 3 rings (SSSR count). The van der Waals surface area contributed by atoms with Crippen molar-refractivity contribution in [3.8, 4) is 0 Å². The van der Waals surface area contributed by atoms with Crippen LogP contribution >= 0.6 is 0 Å². The van der Waals surface area contributed by atoms with Gasteiger partial charge in [-0.3, -0.25) is 4.40 Å². The molecule has 5 nitrogen and oxygen atoms in total. The molecule has 0 atom stereocenters. The third kappa shape index (κ3) is 3.08. The van der Waals surface area contributed by atoms with Crippen molar-refractivity contribution in [3.63, 3.8) is 0 Å². The molecule has 118 valence electrons. The summed E-state index contributed by atoms with van der Waals surface area (Å²) in [5, 5.41) is 8.75. The monoisotopic (exact) mass is 307 g/mol. The number of nitrogens with zero attached hydrogens (tertiary/aromatic N) is 5. The number of aromatic nitrogens is 2. The number of rotatable bonds is 5. The first-order valence-corrected chi connectivity index (χ1v) is 7.93. The highest BCUT2D eigenvalue weighted by Crippen LogP contribution is 2.25. The van der Waals surface area contributed by atoms with Crippen molar-refractivity contribution in [3.05, 3.63) is 54.4 Å². The molecular formula is C18H21N5. The van der Waals surface area contributed by atoms with Gasteiger partial charge in [0.25, 0.3) is 0 Å². The van der Waals surface area contributed by atoms with Gasteiger partial charge in [0.05, 0.1) is 11.4 Å². The van der Waals surface area contributed by atoms with Crippen molar-refractivity contribution < 1.29 is 0 Å². The maximum Gasteiger partial charge on any atom is 0.182 e. The second-order valence-corrected chi connectivity index (χ2v) is 5.34. The summed E-state index contributed by atoms with van der Waals surface area (Å²) in [6, 6.07) is 14.1.